The van der Waals surface area contributed by atoms with Gasteiger partial charge in [-0.25, -0.2) is 4.98 Å². The molecule has 5 heteroatoms. The van der Waals surface area contributed by atoms with Gasteiger partial charge in [-0.05, 0) is 49.1 Å². The van der Waals surface area contributed by atoms with Crippen molar-refractivity contribution in [3.8, 4) is 0 Å². The summed E-state index contributed by atoms with van der Waals surface area (Å²) in [4.78, 5) is 16.7. The average molecular weight is 358 g/mol. The highest BCUT2D eigenvalue weighted by Gasteiger charge is 2.16. The van der Waals surface area contributed by atoms with Crippen molar-refractivity contribution < 1.29 is 4.79 Å². The standard InChI is InChI=1S/C20H24ClN3O/c21-17-6-4-5-15(13-17)9-11-22-19-14-16(10-12-23-19)20(25)24-18-7-2-1-3-8-18/h4-6,10,12-14,18H,1-3,7-9,11H2,(H,22,23)(H,24,25). The fourth-order valence-electron chi connectivity index (χ4n) is 3.21. The van der Waals surface area contributed by atoms with Crippen molar-refractivity contribution >= 4 is 23.3 Å². The molecule has 0 aliphatic heterocycles. The van der Waals surface area contributed by atoms with E-state index in [2.05, 4.69) is 21.7 Å². The van der Waals surface area contributed by atoms with Crippen LogP contribution < -0.4 is 10.6 Å². The lowest BCUT2D eigenvalue weighted by Crippen LogP contribution is -2.36. The summed E-state index contributed by atoms with van der Waals surface area (Å²) in [6.07, 6.45) is 8.39. The maximum Gasteiger partial charge on any atom is 0.251 e. The topological polar surface area (TPSA) is 54.0 Å². The predicted octanol–water partition coefficient (Wildman–Crippen LogP) is 4.45. The second-order valence-electron chi connectivity index (χ2n) is 6.54. The SMILES string of the molecule is O=C(NC1CCCCC1)c1ccnc(NCCc2cccc(Cl)c2)c1. The number of aromatic nitrogens is 1. The summed E-state index contributed by atoms with van der Waals surface area (Å²) in [5, 5.41) is 7.17. The molecule has 1 aliphatic rings. The second-order valence-corrected chi connectivity index (χ2v) is 6.98. The molecule has 0 atom stereocenters. The van der Waals surface area contributed by atoms with Gasteiger partial charge >= 0.3 is 0 Å². The molecule has 1 fully saturated rings. The van der Waals surface area contributed by atoms with Crippen molar-refractivity contribution in [3.63, 3.8) is 0 Å². The Morgan fingerprint density at radius 2 is 2.00 bits per heavy atom. The molecular weight excluding hydrogens is 334 g/mol. The summed E-state index contributed by atoms with van der Waals surface area (Å²) in [5.74, 6) is 0.713. The van der Waals surface area contributed by atoms with Crippen molar-refractivity contribution in [3.05, 3.63) is 58.7 Å². The molecule has 1 amide bonds. The van der Waals surface area contributed by atoms with Crippen LogP contribution in [0.15, 0.2) is 42.6 Å². The molecule has 1 aromatic carbocycles. The Balaban J connectivity index is 1.52. The number of hydrogen-bond donors (Lipinski definition) is 2. The maximum absolute atomic E-state index is 12.4. The third kappa shape index (κ3) is 5.46. The van der Waals surface area contributed by atoms with E-state index >= 15 is 0 Å². The molecule has 0 radical (unpaired) electrons. The Kier molecular flexibility index (Phi) is 6.29. The van der Waals surface area contributed by atoms with E-state index in [9.17, 15) is 4.79 Å². The van der Waals surface area contributed by atoms with Gasteiger partial charge in [0.25, 0.3) is 5.91 Å². The first-order valence-electron chi connectivity index (χ1n) is 8.96. The first-order valence-corrected chi connectivity index (χ1v) is 9.34. The number of halogens is 1. The van der Waals surface area contributed by atoms with Gasteiger partial charge in [0.05, 0.1) is 0 Å². The van der Waals surface area contributed by atoms with Crippen molar-refractivity contribution in [2.45, 2.75) is 44.6 Å². The van der Waals surface area contributed by atoms with Gasteiger partial charge in [0.1, 0.15) is 5.82 Å². The van der Waals surface area contributed by atoms with Gasteiger partial charge in [-0.2, -0.15) is 0 Å². The Morgan fingerprint density at radius 1 is 1.16 bits per heavy atom. The molecule has 3 rings (SSSR count). The molecule has 1 aliphatic carbocycles. The number of carbonyl (C=O) groups is 1. The van der Waals surface area contributed by atoms with Crippen LogP contribution in [0.4, 0.5) is 5.82 Å². The summed E-state index contributed by atoms with van der Waals surface area (Å²) in [6.45, 7) is 0.737. The van der Waals surface area contributed by atoms with Crippen LogP contribution in [-0.4, -0.2) is 23.5 Å². The molecule has 1 aromatic heterocycles. The predicted molar refractivity (Wildman–Crippen MR) is 102 cm³/mol. The zero-order valence-corrected chi connectivity index (χ0v) is 15.1. The highest BCUT2D eigenvalue weighted by Crippen LogP contribution is 2.18. The summed E-state index contributed by atoms with van der Waals surface area (Å²) in [7, 11) is 0. The Morgan fingerprint density at radius 3 is 2.80 bits per heavy atom. The number of rotatable bonds is 6. The lowest BCUT2D eigenvalue weighted by molar-refractivity contribution is 0.0927. The number of carbonyl (C=O) groups excluding carboxylic acids is 1. The highest BCUT2D eigenvalue weighted by molar-refractivity contribution is 6.30. The number of benzene rings is 1. The van der Waals surface area contributed by atoms with E-state index in [-0.39, 0.29) is 5.91 Å². The number of amides is 1. The largest absolute Gasteiger partial charge is 0.370 e. The van der Waals surface area contributed by atoms with E-state index in [0.29, 0.717) is 11.6 Å². The number of hydrogen-bond acceptors (Lipinski definition) is 3. The zero-order valence-electron chi connectivity index (χ0n) is 14.3. The summed E-state index contributed by atoms with van der Waals surface area (Å²) in [5.41, 5.74) is 1.83. The van der Waals surface area contributed by atoms with Crippen molar-refractivity contribution in [2.24, 2.45) is 0 Å². The normalized spacial score (nSPS) is 14.9. The Hall–Kier alpha value is -2.07. The number of pyridine rings is 1. The van der Waals surface area contributed by atoms with E-state index in [0.717, 1.165) is 36.6 Å². The third-order valence-electron chi connectivity index (χ3n) is 4.57. The number of anilines is 1. The monoisotopic (exact) mass is 357 g/mol. The first-order chi connectivity index (χ1) is 12.2. The van der Waals surface area contributed by atoms with Crippen LogP contribution in [0.5, 0.6) is 0 Å². The summed E-state index contributed by atoms with van der Waals surface area (Å²) in [6, 6.07) is 11.7. The number of nitrogens with zero attached hydrogens (tertiary/aromatic N) is 1. The van der Waals surface area contributed by atoms with Gasteiger partial charge in [-0.15, -0.1) is 0 Å². The van der Waals surface area contributed by atoms with Gasteiger partial charge in [0.2, 0.25) is 0 Å². The molecule has 0 saturated heterocycles. The fourth-order valence-corrected chi connectivity index (χ4v) is 3.42. The molecule has 1 saturated carbocycles. The van der Waals surface area contributed by atoms with E-state index in [1.807, 2.05) is 24.3 Å². The van der Waals surface area contributed by atoms with Gasteiger partial charge < -0.3 is 10.6 Å². The summed E-state index contributed by atoms with van der Waals surface area (Å²) < 4.78 is 0. The number of nitrogens with one attached hydrogen (secondary N) is 2. The molecule has 2 N–H and O–H groups in total. The minimum atomic E-state index is -0.00723. The smallest absolute Gasteiger partial charge is 0.251 e. The van der Waals surface area contributed by atoms with Gasteiger partial charge in [-0.1, -0.05) is 43.0 Å². The minimum absolute atomic E-state index is 0.00723. The van der Waals surface area contributed by atoms with Crippen LogP contribution in [0.2, 0.25) is 5.02 Å². The molecule has 0 spiro atoms. The van der Waals surface area contributed by atoms with Crippen LogP contribution >= 0.6 is 11.6 Å². The Labute approximate surface area is 154 Å². The third-order valence-corrected chi connectivity index (χ3v) is 4.81. The van der Waals surface area contributed by atoms with Crippen LogP contribution in [0.3, 0.4) is 0 Å². The molecule has 25 heavy (non-hydrogen) atoms. The van der Waals surface area contributed by atoms with E-state index in [1.165, 1.54) is 24.8 Å². The quantitative estimate of drug-likeness (QED) is 0.802. The molecule has 132 valence electrons. The Bertz CT molecular complexity index is 714. The average Bonchev–Trinajstić information content (AvgIpc) is 2.63. The zero-order chi connectivity index (χ0) is 17.5. The molecule has 1 heterocycles. The molecular formula is C20H24ClN3O. The molecule has 2 aromatic rings. The fraction of sp³-hybridized carbons (Fsp3) is 0.400. The lowest BCUT2D eigenvalue weighted by Gasteiger charge is -2.22. The van der Waals surface area contributed by atoms with Crippen LogP contribution in [-0.2, 0) is 6.42 Å². The summed E-state index contributed by atoms with van der Waals surface area (Å²) >= 11 is 6.00. The minimum Gasteiger partial charge on any atom is -0.370 e. The van der Waals surface area contributed by atoms with E-state index in [4.69, 9.17) is 11.6 Å². The molecule has 4 nitrogen and oxygen atoms in total. The van der Waals surface area contributed by atoms with E-state index < -0.39 is 0 Å². The van der Waals surface area contributed by atoms with Crippen LogP contribution in [0.25, 0.3) is 0 Å². The van der Waals surface area contributed by atoms with Crippen LogP contribution in [0, 0.1) is 0 Å². The van der Waals surface area contributed by atoms with Crippen molar-refractivity contribution in [2.75, 3.05) is 11.9 Å². The van der Waals surface area contributed by atoms with Gasteiger partial charge in [0, 0.05) is 29.4 Å². The molecule has 0 bridgehead atoms. The first kappa shape index (κ1) is 17.7. The van der Waals surface area contributed by atoms with Gasteiger partial charge in [0.15, 0.2) is 0 Å². The van der Waals surface area contributed by atoms with Crippen LogP contribution in [0.1, 0.15) is 48.0 Å². The van der Waals surface area contributed by atoms with Gasteiger partial charge in [-0.3, -0.25) is 4.79 Å². The lowest BCUT2D eigenvalue weighted by atomic mass is 9.95. The molecule has 0 unspecified atom stereocenters. The van der Waals surface area contributed by atoms with E-state index in [1.54, 1.807) is 12.3 Å². The maximum atomic E-state index is 12.4. The van der Waals surface area contributed by atoms with Crippen molar-refractivity contribution in [1.29, 1.82) is 0 Å². The second kappa shape index (κ2) is 8.86. The van der Waals surface area contributed by atoms with Crippen molar-refractivity contribution in [1.82, 2.24) is 10.3 Å². The highest BCUT2D eigenvalue weighted by atomic mass is 35.5.